The molecular weight excluding hydrogens is 332 g/mol. The summed E-state index contributed by atoms with van der Waals surface area (Å²) in [6.07, 6.45) is 6.22. The van der Waals surface area contributed by atoms with Gasteiger partial charge in [-0.25, -0.2) is 8.42 Å². The zero-order chi connectivity index (χ0) is 15.6. The molecule has 1 atom stereocenters. The number of rotatable bonds is 6. The third kappa shape index (κ3) is 4.49. The molecule has 1 aromatic carbocycles. The van der Waals surface area contributed by atoms with Crippen molar-refractivity contribution in [2.75, 3.05) is 18.1 Å². The van der Waals surface area contributed by atoms with Gasteiger partial charge in [-0.3, -0.25) is 0 Å². The van der Waals surface area contributed by atoms with Gasteiger partial charge >= 0.3 is 0 Å². The topological polar surface area (TPSA) is 62.0 Å². The lowest BCUT2D eigenvalue weighted by Gasteiger charge is -2.09. The van der Waals surface area contributed by atoms with Gasteiger partial charge < -0.3 is 10.3 Å². The highest BCUT2D eigenvalue weighted by Gasteiger charge is 2.16. The minimum absolute atomic E-state index is 0. The molecule has 1 aliphatic rings. The molecule has 1 saturated heterocycles. The molecule has 1 aromatic heterocycles. The summed E-state index contributed by atoms with van der Waals surface area (Å²) in [5.41, 5.74) is 3.56. The Kier molecular flexibility index (Phi) is 6.12. The van der Waals surface area contributed by atoms with Crippen molar-refractivity contribution in [3.05, 3.63) is 35.5 Å². The smallest absolute Gasteiger partial charge is 0.150 e. The van der Waals surface area contributed by atoms with Crippen LogP contribution in [0.5, 0.6) is 0 Å². The second-order valence-electron chi connectivity index (χ2n) is 6.18. The number of halogens is 1. The lowest BCUT2D eigenvalue weighted by molar-refractivity contribution is 0.596. The second kappa shape index (κ2) is 7.69. The van der Waals surface area contributed by atoms with E-state index in [-0.39, 0.29) is 23.9 Å². The van der Waals surface area contributed by atoms with Crippen LogP contribution in [0, 0.1) is 0 Å². The number of nitrogens with one attached hydrogen (secondary N) is 2. The minimum atomic E-state index is -2.90. The van der Waals surface area contributed by atoms with Crippen LogP contribution in [-0.4, -0.2) is 37.5 Å². The van der Waals surface area contributed by atoms with Gasteiger partial charge in [0.05, 0.1) is 5.75 Å². The Labute approximate surface area is 144 Å². The van der Waals surface area contributed by atoms with Crippen molar-refractivity contribution in [1.29, 1.82) is 0 Å². The van der Waals surface area contributed by atoms with E-state index in [0.717, 1.165) is 24.0 Å². The number of aromatic amines is 1. The highest BCUT2D eigenvalue weighted by atomic mass is 35.5. The summed E-state index contributed by atoms with van der Waals surface area (Å²) in [6, 6.07) is 6.82. The van der Waals surface area contributed by atoms with Gasteiger partial charge in [-0.1, -0.05) is 13.0 Å². The van der Waals surface area contributed by atoms with E-state index >= 15 is 0 Å². The van der Waals surface area contributed by atoms with E-state index in [1.165, 1.54) is 23.8 Å². The van der Waals surface area contributed by atoms with Crippen molar-refractivity contribution >= 4 is 33.1 Å². The average Bonchev–Trinajstić information content (AvgIpc) is 3.16. The second-order valence-corrected chi connectivity index (χ2v) is 8.65. The maximum atomic E-state index is 11.7. The van der Waals surface area contributed by atoms with Crippen LogP contribution >= 0.6 is 12.4 Å². The molecule has 1 aliphatic heterocycles. The van der Waals surface area contributed by atoms with Crippen LogP contribution in [0.25, 0.3) is 10.9 Å². The number of H-pyrrole nitrogens is 1. The zero-order valence-electron chi connectivity index (χ0n) is 13.5. The molecule has 3 rings (SSSR count). The highest BCUT2D eigenvalue weighted by Crippen LogP contribution is 2.23. The molecule has 0 saturated carbocycles. The fraction of sp³-hybridized carbons (Fsp3) is 0.529. The first-order valence-corrected chi connectivity index (χ1v) is 9.92. The van der Waals surface area contributed by atoms with E-state index in [9.17, 15) is 8.42 Å². The van der Waals surface area contributed by atoms with Crippen LogP contribution < -0.4 is 5.32 Å². The average molecular weight is 357 g/mol. The molecule has 6 heteroatoms. The van der Waals surface area contributed by atoms with Gasteiger partial charge in [0.1, 0.15) is 9.84 Å². The SMILES string of the molecule is CCS(=O)(=O)CCc1ccc2[nH]cc(C[C@H]3CCCN3)c2c1.Cl. The van der Waals surface area contributed by atoms with E-state index < -0.39 is 9.84 Å². The number of aromatic nitrogens is 1. The van der Waals surface area contributed by atoms with E-state index in [4.69, 9.17) is 0 Å². The van der Waals surface area contributed by atoms with Crippen LogP contribution in [0.4, 0.5) is 0 Å². The summed E-state index contributed by atoms with van der Waals surface area (Å²) in [7, 11) is -2.90. The maximum Gasteiger partial charge on any atom is 0.150 e. The Bertz CT molecular complexity index is 749. The van der Waals surface area contributed by atoms with Crippen LogP contribution in [0.1, 0.15) is 30.9 Å². The fourth-order valence-corrected chi connectivity index (χ4v) is 4.00. The maximum absolute atomic E-state index is 11.7. The van der Waals surface area contributed by atoms with Crippen molar-refractivity contribution in [2.24, 2.45) is 0 Å². The van der Waals surface area contributed by atoms with Crippen LogP contribution in [-0.2, 0) is 22.7 Å². The molecule has 0 unspecified atom stereocenters. The molecule has 0 radical (unpaired) electrons. The first-order chi connectivity index (χ1) is 10.6. The summed E-state index contributed by atoms with van der Waals surface area (Å²) in [6.45, 7) is 2.82. The third-order valence-electron chi connectivity index (χ3n) is 4.60. The van der Waals surface area contributed by atoms with Crippen molar-refractivity contribution in [3.8, 4) is 0 Å². The predicted octanol–water partition coefficient (Wildman–Crippen LogP) is 2.86. The van der Waals surface area contributed by atoms with Gasteiger partial charge in [-0.05, 0) is 55.5 Å². The third-order valence-corrected chi connectivity index (χ3v) is 6.31. The Morgan fingerprint density at radius 2 is 2.13 bits per heavy atom. The Balaban J connectivity index is 0.00000192. The van der Waals surface area contributed by atoms with Crippen molar-refractivity contribution in [3.63, 3.8) is 0 Å². The molecule has 0 aliphatic carbocycles. The van der Waals surface area contributed by atoms with Gasteiger partial charge in [0, 0.05) is 28.9 Å². The Hall–Kier alpha value is -1.04. The molecule has 4 nitrogen and oxygen atoms in total. The summed E-state index contributed by atoms with van der Waals surface area (Å²) in [4.78, 5) is 3.33. The predicted molar refractivity (Wildman–Crippen MR) is 98.3 cm³/mol. The molecule has 2 heterocycles. The molecule has 0 amide bonds. The first kappa shape index (κ1) is 18.3. The van der Waals surface area contributed by atoms with E-state index in [1.807, 2.05) is 6.07 Å². The van der Waals surface area contributed by atoms with E-state index in [1.54, 1.807) is 6.92 Å². The van der Waals surface area contributed by atoms with Gasteiger partial charge in [-0.15, -0.1) is 12.4 Å². The number of hydrogen-bond acceptors (Lipinski definition) is 3. The molecular formula is C17H25ClN2O2S. The normalized spacial score (nSPS) is 18.2. The molecule has 1 fully saturated rings. The quantitative estimate of drug-likeness (QED) is 0.836. The number of sulfone groups is 1. The summed E-state index contributed by atoms with van der Waals surface area (Å²) >= 11 is 0. The lowest BCUT2D eigenvalue weighted by Crippen LogP contribution is -2.23. The zero-order valence-corrected chi connectivity index (χ0v) is 15.1. The van der Waals surface area contributed by atoms with Crippen molar-refractivity contribution in [1.82, 2.24) is 10.3 Å². The summed E-state index contributed by atoms with van der Waals surface area (Å²) in [5, 5.41) is 4.77. The molecule has 0 spiro atoms. The number of benzene rings is 1. The van der Waals surface area contributed by atoms with Gasteiger partial charge in [0.15, 0.2) is 0 Å². The molecule has 2 aromatic rings. The van der Waals surface area contributed by atoms with Crippen LogP contribution in [0.2, 0.25) is 0 Å². The number of fused-ring (bicyclic) bond motifs is 1. The van der Waals surface area contributed by atoms with Gasteiger partial charge in [0.25, 0.3) is 0 Å². The van der Waals surface area contributed by atoms with Gasteiger partial charge in [-0.2, -0.15) is 0 Å². The van der Waals surface area contributed by atoms with Gasteiger partial charge in [0.2, 0.25) is 0 Å². The fourth-order valence-electron chi connectivity index (χ4n) is 3.16. The first-order valence-electron chi connectivity index (χ1n) is 8.10. The molecule has 2 N–H and O–H groups in total. The lowest BCUT2D eigenvalue weighted by atomic mass is 10.0. The monoisotopic (exact) mass is 356 g/mol. The number of hydrogen-bond donors (Lipinski definition) is 2. The largest absolute Gasteiger partial charge is 0.361 e. The van der Waals surface area contributed by atoms with Crippen LogP contribution in [0.3, 0.4) is 0 Å². The van der Waals surface area contributed by atoms with Crippen molar-refractivity contribution in [2.45, 2.75) is 38.6 Å². The highest BCUT2D eigenvalue weighted by molar-refractivity contribution is 7.91. The molecule has 23 heavy (non-hydrogen) atoms. The Morgan fingerprint density at radius 1 is 1.30 bits per heavy atom. The van der Waals surface area contributed by atoms with E-state index in [0.29, 0.717) is 12.5 Å². The summed E-state index contributed by atoms with van der Waals surface area (Å²) < 4.78 is 23.3. The standard InChI is InChI=1S/C17H24N2O2S.ClH/c1-2-22(20,21)9-7-13-5-6-17-16(10-13)14(12-19-17)11-15-4-3-8-18-15;/h5-6,10,12,15,18-19H,2-4,7-9,11H2,1H3;1H/t15-;/m1./s1. The molecule has 128 valence electrons. The van der Waals surface area contributed by atoms with Crippen molar-refractivity contribution < 1.29 is 8.42 Å². The Morgan fingerprint density at radius 3 is 2.83 bits per heavy atom. The van der Waals surface area contributed by atoms with E-state index in [2.05, 4.69) is 28.6 Å². The molecule has 0 bridgehead atoms. The van der Waals surface area contributed by atoms with Crippen LogP contribution in [0.15, 0.2) is 24.4 Å². The minimum Gasteiger partial charge on any atom is -0.361 e. The summed E-state index contributed by atoms with van der Waals surface area (Å²) in [5.74, 6) is 0.455. The number of aryl methyl sites for hydroxylation is 1.